The Hall–Kier alpha value is -3.50. The van der Waals surface area contributed by atoms with Crippen LogP contribution in [0.4, 0.5) is 11.4 Å². The Kier molecular flexibility index (Phi) is 8.19. The molecule has 0 aromatic heterocycles. The molecule has 178 valence electrons. The summed E-state index contributed by atoms with van der Waals surface area (Å²) in [5.74, 6) is 0.950. The summed E-state index contributed by atoms with van der Waals surface area (Å²) in [5, 5.41) is 2.69. The zero-order valence-electron chi connectivity index (χ0n) is 18.7. The van der Waals surface area contributed by atoms with Crippen molar-refractivity contribution >= 4 is 49.3 Å². The molecule has 34 heavy (non-hydrogen) atoms. The van der Waals surface area contributed by atoms with Crippen molar-refractivity contribution in [2.45, 2.75) is 4.90 Å². The summed E-state index contributed by atoms with van der Waals surface area (Å²) in [7, 11) is 0.750. The van der Waals surface area contributed by atoms with E-state index in [1.807, 2.05) is 0 Å². The van der Waals surface area contributed by atoms with Gasteiger partial charge >= 0.3 is 0 Å². The van der Waals surface area contributed by atoms with Crippen LogP contribution in [-0.2, 0) is 14.8 Å². The number of ether oxygens (including phenoxy) is 3. The van der Waals surface area contributed by atoms with E-state index in [2.05, 4.69) is 26.0 Å². The Morgan fingerprint density at radius 1 is 0.824 bits per heavy atom. The fourth-order valence-corrected chi connectivity index (χ4v) is 4.38. The number of rotatable bonds is 9. The van der Waals surface area contributed by atoms with Gasteiger partial charge in [0.25, 0.3) is 10.0 Å². The van der Waals surface area contributed by atoms with Crippen molar-refractivity contribution in [2.75, 3.05) is 31.4 Å². The van der Waals surface area contributed by atoms with Crippen LogP contribution in [0.5, 0.6) is 17.2 Å². The topological polar surface area (TPSA) is 103 Å². The molecule has 2 N–H and O–H groups in total. The fraction of sp³-hybridized carbons (Fsp3) is 0.125. The number of amides is 1. The van der Waals surface area contributed by atoms with Gasteiger partial charge in [-0.1, -0.05) is 15.9 Å². The van der Waals surface area contributed by atoms with Crippen LogP contribution in [0.15, 0.2) is 76.1 Å². The third kappa shape index (κ3) is 6.09. The van der Waals surface area contributed by atoms with E-state index in [0.29, 0.717) is 34.2 Å². The quantitative estimate of drug-likeness (QED) is 0.369. The van der Waals surface area contributed by atoms with Gasteiger partial charge in [0.15, 0.2) is 11.5 Å². The first-order chi connectivity index (χ1) is 16.3. The lowest BCUT2D eigenvalue weighted by molar-refractivity contribution is -0.111. The molecule has 3 aromatic rings. The van der Waals surface area contributed by atoms with Gasteiger partial charge in [-0.2, -0.15) is 0 Å². The molecular formula is C24H23BrN2O6S. The first kappa shape index (κ1) is 25.1. The highest BCUT2D eigenvalue weighted by Crippen LogP contribution is 2.40. The van der Waals surface area contributed by atoms with Gasteiger partial charge in [0, 0.05) is 27.5 Å². The fourth-order valence-electron chi connectivity index (χ4n) is 3.05. The van der Waals surface area contributed by atoms with Gasteiger partial charge in [-0.05, 0) is 66.7 Å². The molecule has 0 fully saturated rings. The third-order valence-corrected chi connectivity index (χ3v) is 6.60. The number of carbonyl (C=O) groups excluding carboxylic acids is 1. The maximum atomic E-state index is 12.6. The molecule has 0 aliphatic rings. The Bertz CT molecular complexity index is 1290. The van der Waals surface area contributed by atoms with Crippen molar-refractivity contribution in [1.82, 2.24) is 0 Å². The van der Waals surface area contributed by atoms with Gasteiger partial charge in [-0.15, -0.1) is 0 Å². The second kappa shape index (κ2) is 11.1. The van der Waals surface area contributed by atoms with E-state index in [9.17, 15) is 13.2 Å². The normalized spacial score (nSPS) is 11.2. The van der Waals surface area contributed by atoms with Gasteiger partial charge in [-0.25, -0.2) is 8.42 Å². The van der Waals surface area contributed by atoms with Crippen LogP contribution in [0.2, 0.25) is 0 Å². The van der Waals surface area contributed by atoms with Gasteiger partial charge in [0.2, 0.25) is 11.7 Å². The number of nitrogens with one attached hydrogen (secondary N) is 2. The number of sulfonamides is 1. The third-order valence-electron chi connectivity index (χ3n) is 4.68. The first-order valence-electron chi connectivity index (χ1n) is 9.94. The van der Waals surface area contributed by atoms with Crippen LogP contribution in [0, 0.1) is 0 Å². The summed E-state index contributed by atoms with van der Waals surface area (Å²) in [6, 6.07) is 16.1. The lowest BCUT2D eigenvalue weighted by atomic mass is 10.1. The molecule has 0 unspecified atom stereocenters. The minimum Gasteiger partial charge on any atom is -0.493 e. The van der Waals surface area contributed by atoms with E-state index >= 15 is 0 Å². The summed E-state index contributed by atoms with van der Waals surface area (Å²) >= 11 is 3.31. The molecule has 3 rings (SSSR count). The summed E-state index contributed by atoms with van der Waals surface area (Å²) in [5.41, 5.74) is 1.50. The summed E-state index contributed by atoms with van der Waals surface area (Å²) in [6.07, 6.45) is 2.92. The molecule has 8 nitrogen and oxygen atoms in total. The van der Waals surface area contributed by atoms with Crippen LogP contribution in [0.3, 0.4) is 0 Å². The van der Waals surface area contributed by atoms with Gasteiger partial charge in [0.1, 0.15) is 0 Å². The van der Waals surface area contributed by atoms with Crippen molar-refractivity contribution in [3.63, 3.8) is 0 Å². The van der Waals surface area contributed by atoms with Crippen LogP contribution in [0.25, 0.3) is 6.08 Å². The van der Waals surface area contributed by atoms with E-state index in [1.54, 1.807) is 42.5 Å². The average Bonchev–Trinajstić information content (AvgIpc) is 2.83. The summed E-state index contributed by atoms with van der Waals surface area (Å²) < 4.78 is 44.5. The Balaban J connectivity index is 1.69. The molecule has 0 aliphatic carbocycles. The van der Waals surface area contributed by atoms with Crippen molar-refractivity contribution in [2.24, 2.45) is 0 Å². The maximum absolute atomic E-state index is 12.6. The minimum absolute atomic E-state index is 0.0685. The van der Waals surface area contributed by atoms with Crippen molar-refractivity contribution in [3.8, 4) is 17.2 Å². The zero-order chi connectivity index (χ0) is 24.7. The van der Waals surface area contributed by atoms with Crippen molar-refractivity contribution in [3.05, 3.63) is 76.8 Å². The molecular weight excluding hydrogens is 524 g/mol. The molecule has 0 saturated carbocycles. The first-order valence-corrected chi connectivity index (χ1v) is 12.2. The average molecular weight is 547 g/mol. The molecule has 0 saturated heterocycles. The molecule has 3 aromatic carbocycles. The molecule has 0 bridgehead atoms. The lowest BCUT2D eigenvalue weighted by Crippen LogP contribution is -2.13. The highest BCUT2D eigenvalue weighted by molar-refractivity contribution is 9.10. The van der Waals surface area contributed by atoms with E-state index < -0.39 is 15.9 Å². The Labute approximate surface area is 206 Å². The summed E-state index contributed by atoms with van der Waals surface area (Å²) in [4.78, 5) is 12.5. The number of benzene rings is 3. The standard InChI is InChI=1S/C24H23BrN2O6S/c1-31-21-14-4-16(23(32-2)24(21)33-3)5-15-22(28)26-18-10-12-20(13-11-18)34(29,30)27-19-8-6-17(25)7-9-19/h4-15,27H,1-3H3,(H,26,28)/b15-5+. The number of carbonyl (C=O) groups is 1. The summed E-state index contributed by atoms with van der Waals surface area (Å²) in [6.45, 7) is 0. The second-order valence-corrected chi connectivity index (χ2v) is 9.48. The SMILES string of the molecule is COc1ccc(/C=C/C(=O)Nc2ccc(S(=O)(=O)Nc3ccc(Br)cc3)cc2)c(OC)c1OC. The number of hydrogen-bond acceptors (Lipinski definition) is 6. The van der Waals surface area contributed by atoms with Gasteiger partial charge in [0.05, 0.1) is 26.2 Å². The number of halogens is 1. The van der Waals surface area contributed by atoms with Crippen LogP contribution < -0.4 is 24.2 Å². The van der Waals surface area contributed by atoms with E-state index in [1.165, 1.54) is 51.7 Å². The van der Waals surface area contributed by atoms with Gasteiger partial charge < -0.3 is 19.5 Å². The number of hydrogen-bond donors (Lipinski definition) is 2. The monoisotopic (exact) mass is 546 g/mol. The molecule has 10 heteroatoms. The number of methoxy groups -OCH3 is 3. The largest absolute Gasteiger partial charge is 0.493 e. The van der Waals surface area contributed by atoms with Crippen LogP contribution in [0.1, 0.15) is 5.56 Å². The predicted molar refractivity (Wildman–Crippen MR) is 135 cm³/mol. The predicted octanol–water partition coefficient (Wildman–Crippen LogP) is 4.93. The zero-order valence-corrected chi connectivity index (χ0v) is 21.1. The molecule has 0 aliphatic heterocycles. The highest BCUT2D eigenvalue weighted by Gasteiger charge is 2.15. The second-order valence-electron chi connectivity index (χ2n) is 6.88. The molecule has 0 spiro atoms. The van der Waals surface area contributed by atoms with Gasteiger partial charge in [-0.3, -0.25) is 9.52 Å². The van der Waals surface area contributed by atoms with Crippen LogP contribution in [-0.4, -0.2) is 35.7 Å². The Morgan fingerprint density at radius 2 is 1.44 bits per heavy atom. The van der Waals surface area contributed by atoms with Crippen molar-refractivity contribution in [1.29, 1.82) is 0 Å². The molecule has 0 radical (unpaired) electrons. The smallest absolute Gasteiger partial charge is 0.261 e. The molecule has 0 atom stereocenters. The highest BCUT2D eigenvalue weighted by atomic mass is 79.9. The number of anilines is 2. The lowest BCUT2D eigenvalue weighted by Gasteiger charge is -2.14. The maximum Gasteiger partial charge on any atom is 0.261 e. The van der Waals surface area contributed by atoms with Crippen molar-refractivity contribution < 1.29 is 27.4 Å². The Morgan fingerprint density at radius 3 is 2.03 bits per heavy atom. The van der Waals surface area contributed by atoms with E-state index in [4.69, 9.17) is 14.2 Å². The molecule has 1 amide bonds. The van der Waals surface area contributed by atoms with E-state index in [-0.39, 0.29) is 4.90 Å². The van der Waals surface area contributed by atoms with Crippen LogP contribution >= 0.6 is 15.9 Å². The van der Waals surface area contributed by atoms with E-state index in [0.717, 1.165) is 4.47 Å². The molecule has 0 heterocycles. The minimum atomic E-state index is -3.77.